The standard InChI is InChI=1S/C7H10O/c1-6-3-2-4-7(8)5-6/h5,8H,1-4H2. The molecule has 0 heterocycles. The molecule has 0 saturated heterocycles. The summed E-state index contributed by atoms with van der Waals surface area (Å²) in [6.07, 6.45) is 4.69. The van der Waals surface area contributed by atoms with E-state index in [1.54, 1.807) is 6.08 Å². The second-order valence-corrected chi connectivity index (χ2v) is 2.15. The van der Waals surface area contributed by atoms with Crippen LogP contribution in [0.1, 0.15) is 19.3 Å². The van der Waals surface area contributed by atoms with Crippen LogP contribution in [0.15, 0.2) is 24.0 Å². The van der Waals surface area contributed by atoms with Crippen LogP contribution in [0, 0.1) is 0 Å². The fourth-order valence-electron chi connectivity index (χ4n) is 0.877. The van der Waals surface area contributed by atoms with Gasteiger partial charge in [-0.05, 0) is 18.9 Å². The Bertz CT molecular complexity index is 133. The van der Waals surface area contributed by atoms with Crippen molar-refractivity contribution in [2.45, 2.75) is 19.3 Å². The highest BCUT2D eigenvalue weighted by molar-refractivity contribution is 5.19. The van der Waals surface area contributed by atoms with Crippen molar-refractivity contribution >= 4 is 0 Å². The van der Waals surface area contributed by atoms with Gasteiger partial charge in [0.15, 0.2) is 0 Å². The van der Waals surface area contributed by atoms with Crippen LogP contribution in [0.5, 0.6) is 0 Å². The lowest BCUT2D eigenvalue weighted by molar-refractivity contribution is 0.377. The molecule has 0 spiro atoms. The summed E-state index contributed by atoms with van der Waals surface area (Å²) in [5.41, 5.74) is 1.05. The van der Waals surface area contributed by atoms with Crippen molar-refractivity contribution in [2.24, 2.45) is 0 Å². The monoisotopic (exact) mass is 110 g/mol. The topological polar surface area (TPSA) is 20.2 Å². The fourth-order valence-corrected chi connectivity index (χ4v) is 0.877. The highest BCUT2D eigenvalue weighted by atomic mass is 16.3. The molecule has 44 valence electrons. The first-order valence-electron chi connectivity index (χ1n) is 2.86. The quantitative estimate of drug-likeness (QED) is 0.506. The minimum absolute atomic E-state index is 0.487. The third kappa shape index (κ3) is 1.12. The molecule has 0 amide bonds. The molecule has 0 aromatic heterocycles. The Morgan fingerprint density at radius 1 is 1.50 bits per heavy atom. The summed E-state index contributed by atoms with van der Waals surface area (Å²) in [4.78, 5) is 0. The van der Waals surface area contributed by atoms with E-state index in [0.29, 0.717) is 5.76 Å². The number of aliphatic hydroxyl groups excluding tert-OH is 1. The zero-order chi connectivity index (χ0) is 5.98. The number of hydrogen-bond donors (Lipinski definition) is 1. The van der Waals surface area contributed by atoms with Gasteiger partial charge in [0.25, 0.3) is 0 Å². The predicted molar refractivity (Wildman–Crippen MR) is 33.7 cm³/mol. The van der Waals surface area contributed by atoms with Gasteiger partial charge in [0.2, 0.25) is 0 Å². The summed E-state index contributed by atoms with van der Waals surface area (Å²) in [6.45, 7) is 3.73. The lowest BCUT2D eigenvalue weighted by atomic mass is 10.0. The normalized spacial score (nSPS) is 20.5. The van der Waals surface area contributed by atoms with Crippen molar-refractivity contribution in [3.8, 4) is 0 Å². The molecule has 0 radical (unpaired) electrons. The van der Waals surface area contributed by atoms with E-state index in [-0.39, 0.29) is 0 Å². The molecule has 1 nitrogen and oxygen atoms in total. The maximum atomic E-state index is 8.88. The van der Waals surface area contributed by atoms with E-state index in [1.807, 2.05) is 0 Å². The molecule has 0 aromatic rings. The minimum atomic E-state index is 0.487. The Balaban J connectivity index is 2.64. The van der Waals surface area contributed by atoms with Gasteiger partial charge in [0.05, 0.1) is 5.76 Å². The molecule has 0 aromatic carbocycles. The zero-order valence-corrected chi connectivity index (χ0v) is 4.85. The summed E-state index contributed by atoms with van der Waals surface area (Å²) < 4.78 is 0. The molecule has 0 aliphatic heterocycles. The van der Waals surface area contributed by atoms with Gasteiger partial charge in [-0.25, -0.2) is 0 Å². The molecule has 1 rings (SSSR count). The van der Waals surface area contributed by atoms with Crippen LogP contribution >= 0.6 is 0 Å². The second kappa shape index (κ2) is 2.03. The van der Waals surface area contributed by atoms with Gasteiger partial charge in [0.1, 0.15) is 0 Å². The number of aliphatic hydroxyl groups is 1. The van der Waals surface area contributed by atoms with Crippen LogP contribution in [0.3, 0.4) is 0 Å². The summed E-state index contributed by atoms with van der Waals surface area (Å²) in [5.74, 6) is 0.487. The second-order valence-electron chi connectivity index (χ2n) is 2.15. The average Bonchev–Trinajstić information content (AvgIpc) is 1.64. The molecule has 0 bridgehead atoms. The van der Waals surface area contributed by atoms with Crippen LogP contribution in [0.4, 0.5) is 0 Å². The zero-order valence-electron chi connectivity index (χ0n) is 4.85. The van der Waals surface area contributed by atoms with Gasteiger partial charge in [-0.3, -0.25) is 0 Å². The molecule has 0 atom stereocenters. The summed E-state index contributed by atoms with van der Waals surface area (Å²) in [5, 5.41) is 8.88. The Hall–Kier alpha value is -0.720. The smallest absolute Gasteiger partial charge is 0.0925 e. The Kier molecular flexibility index (Phi) is 1.38. The van der Waals surface area contributed by atoms with Crippen LogP contribution in [-0.4, -0.2) is 5.11 Å². The van der Waals surface area contributed by atoms with E-state index in [1.165, 1.54) is 0 Å². The highest BCUT2D eigenvalue weighted by Crippen LogP contribution is 2.17. The Labute approximate surface area is 49.3 Å². The van der Waals surface area contributed by atoms with E-state index in [4.69, 9.17) is 5.11 Å². The van der Waals surface area contributed by atoms with Crippen molar-refractivity contribution in [3.05, 3.63) is 24.0 Å². The summed E-state index contributed by atoms with van der Waals surface area (Å²) in [6, 6.07) is 0. The van der Waals surface area contributed by atoms with E-state index in [2.05, 4.69) is 6.58 Å². The van der Waals surface area contributed by atoms with Crippen LogP contribution in [0.25, 0.3) is 0 Å². The molecule has 1 aliphatic carbocycles. The number of allylic oxidation sites excluding steroid dienone is 3. The molecule has 0 unspecified atom stereocenters. The molecule has 0 saturated carbocycles. The first-order valence-corrected chi connectivity index (χ1v) is 2.86. The fraction of sp³-hybridized carbons (Fsp3) is 0.429. The third-order valence-electron chi connectivity index (χ3n) is 1.30. The maximum absolute atomic E-state index is 8.88. The van der Waals surface area contributed by atoms with Crippen LogP contribution in [-0.2, 0) is 0 Å². The molecular weight excluding hydrogens is 100 g/mol. The first-order chi connectivity index (χ1) is 3.79. The number of hydrogen-bond acceptors (Lipinski definition) is 1. The van der Waals surface area contributed by atoms with Gasteiger partial charge in [-0.15, -0.1) is 0 Å². The van der Waals surface area contributed by atoms with Crippen molar-refractivity contribution < 1.29 is 5.11 Å². The largest absolute Gasteiger partial charge is 0.512 e. The van der Waals surface area contributed by atoms with Crippen LogP contribution in [0.2, 0.25) is 0 Å². The van der Waals surface area contributed by atoms with E-state index in [9.17, 15) is 0 Å². The third-order valence-corrected chi connectivity index (χ3v) is 1.30. The van der Waals surface area contributed by atoms with E-state index < -0.39 is 0 Å². The molecule has 0 fully saturated rings. The summed E-state index contributed by atoms with van der Waals surface area (Å²) >= 11 is 0. The summed E-state index contributed by atoms with van der Waals surface area (Å²) in [7, 11) is 0. The SMILES string of the molecule is C=C1C=C(O)CCC1. The molecule has 8 heavy (non-hydrogen) atoms. The lowest BCUT2D eigenvalue weighted by Gasteiger charge is -2.07. The van der Waals surface area contributed by atoms with Gasteiger partial charge in [-0.2, -0.15) is 0 Å². The van der Waals surface area contributed by atoms with Gasteiger partial charge < -0.3 is 5.11 Å². The molecular formula is C7H10O. The van der Waals surface area contributed by atoms with E-state index in [0.717, 1.165) is 24.8 Å². The maximum Gasteiger partial charge on any atom is 0.0925 e. The lowest BCUT2D eigenvalue weighted by Crippen LogP contribution is -1.91. The van der Waals surface area contributed by atoms with Crippen molar-refractivity contribution in [2.75, 3.05) is 0 Å². The molecule has 1 aliphatic rings. The molecule has 1 heteroatoms. The number of rotatable bonds is 0. The molecule has 1 N–H and O–H groups in total. The van der Waals surface area contributed by atoms with Crippen molar-refractivity contribution in [1.29, 1.82) is 0 Å². The van der Waals surface area contributed by atoms with Gasteiger partial charge in [0, 0.05) is 6.42 Å². The average molecular weight is 110 g/mol. The van der Waals surface area contributed by atoms with E-state index >= 15 is 0 Å². The first kappa shape index (κ1) is 5.42. The van der Waals surface area contributed by atoms with Gasteiger partial charge >= 0.3 is 0 Å². The highest BCUT2D eigenvalue weighted by Gasteiger charge is 2.01. The van der Waals surface area contributed by atoms with Crippen molar-refractivity contribution in [1.82, 2.24) is 0 Å². The predicted octanol–water partition coefficient (Wildman–Crippen LogP) is 2.17. The Morgan fingerprint density at radius 2 is 2.25 bits per heavy atom. The Morgan fingerprint density at radius 3 is 2.62 bits per heavy atom. The van der Waals surface area contributed by atoms with Crippen LogP contribution < -0.4 is 0 Å². The van der Waals surface area contributed by atoms with Gasteiger partial charge in [-0.1, -0.05) is 12.2 Å². The van der Waals surface area contributed by atoms with Crippen molar-refractivity contribution in [3.63, 3.8) is 0 Å². The minimum Gasteiger partial charge on any atom is -0.512 e.